The van der Waals surface area contributed by atoms with Crippen LogP contribution in [0.4, 0.5) is 5.69 Å². The first-order chi connectivity index (χ1) is 22.7. The number of para-hydroxylation sites is 1. The number of nitrogens with zero attached hydrogens (tertiary/aromatic N) is 2. The van der Waals surface area contributed by atoms with Crippen molar-refractivity contribution >= 4 is 46.0 Å². The van der Waals surface area contributed by atoms with E-state index in [0.29, 0.717) is 72.6 Å². The molecule has 1 unspecified atom stereocenters. The number of aliphatic carboxylic acids is 1. The molecule has 12 heteroatoms. The highest BCUT2D eigenvalue weighted by atomic mass is 35.5. The van der Waals surface area contributed by atoms with E-state index in [0.717, 1.165) is 18.4 Å². The Morgan fingerprint density at radius 2 is 1.74 bits per heavy atom. The molecule has 1 aliphatic carbocycles. The van der Waals surface area contributed by atoms with Crippen molar-refractivity contribution in [2.75, 3.05) is 39.2 Å². The number of carbonyl (C=O) groups is 3. The van der Waals surface area contributed by atoms with Gasteiger partial charge in [0.05, 0.1) is 53.0 Å². The summed E-state index contributed by atoms with van der Waals surface area (Å²) in [7, 11) is 3.35. The molecule has 3 aliphatic rings. The van der Waals surface area contributed by atoms with Crippen LogP contribution in [0.5, 0.6) is 0 Å². The van der Waals surface area contributed by atoms with Gasteiger partial charge in [0.2, 0.25) is 5.91 Å². The highest BCUT2D eigenvalue weighted by Gasteiger charge is 2.45. The molecule has 4 atom stereocenters. The van der Waals surface area contributed by atoms with E-state index in [9.17, 15) is 19.5 Å². The number of furan rings is 1. The summed E-state index contributed by atoms with van der Waals surface area (Å²) in [5, 5.41) is 13.4. The summed E-state index contributed by atoms with van der Waals surface area (Å²) in [6, 6.07) is 12.4. The van der Waals surface area contributed by atoms with Gasteiger partial charge in [0.25, 0.3) is 5.91 Å². The van der Waals surface area contributed by atoms with Crippen LogP contribution in [-0.4, -0.2) is 97.1 Å². The highest BCUT2D eigenvalue weighted by molar-refractivity contribution is 6.34. The van der Waals surface area contributed by atoms with Gasteiger partial charge < -0.3 is 34.0 Å². The molecule has 1 saturated carbocycles. The zero-order valence-electron chi connectivity index (χ0n) is 26.7. The molecular formula is C35H42ClN3O8. The molecule has 3 heterocycles. The monoisotopic (exact) mass is 667 g/mol. The second-order valence-corrected chi connectivity index (χ2v) is 13.1. The van der Waals surface area contributed by atoms with E-state index < -0.39 is 5.97 Å². The van der Waals surface area contributed by atoms with E-state index in [1.165, 1.54) is 6.26 Å². The van der Waals surface area contributed by atoms with Crippen molar-refractivity contribution in [3.05, 3.63) is 64.9 Å². The molecule has 6 rings (SSSR count). The normalized spacial score (nSPS) is 25.7. The number of rotatable bonds is 11. The summed E-state index contributed by atoms with van der Waals surface area (Å²) < 4.78 is 23.7. The van der Waals surface area contributed by atoms with E-state index in [-0.39, 0.29) is 54.7 Å². The first kappa shape index (κ1) is 33.4. The summed E-state index contributed by atoms with van der Waals surface area (Å²) in [6.45, 7) is 1.84. The van der Waals surface area contributed by atoms with Crippen molar-refractivity contribution in [3.63, 3.8) is 0 Å². The summed E-state index contributed by atoms with van der Waals surface area (Å²) in [4.78, 5) is 42.5. The van der Waals surface area contributed by atoms with Crippen molar-refractivity contribution in [2.45, 2.75) is 75.5 Å². The van der Waals surface area contributed by atoms with Gasteiger partial charge in [0, 0.05) is 39.2 Å². The van der Waals surface area contributed by atoms with Crippen LogP contribution >= 0.6 is 11.6 Å². The molecule has 0 bridgehead atoms. The predicted octanol–water partition coefficient (Wildman–Crippen LogP) is 5.20. The molecule has 11 nitrogen and oxygen atoms in total. The smallest absolute Gasteiger partial charge is 0.306 e. The number of hydrogen-bond donors (Lipinski definition) is 2. The summed E-state index contributed by atoms with van der Waals surface area (Å²) in [5.41, 5.74) is 2.21. The number of nitrogens with one attached hydrogen (secondary N) is 1. The number of hydrogen-bond acceptors (Lipinski definition) is 8. The first-order valence-electron chi connectivity index (χ1n) is 16.3. The van der Waals surface area contributed by atoms with Gasteiger partial charge in [-0.3, -0.25) is 19.3 Å². The molecule has 2 aromatic carbocycles. The van der Waals surface area contributed by atoms with Gasteiger partial charge in [0.15, 0.2) is 0 Å². The van der Waals surface area contributed by atoms with Crippen LogP contribution in [0.3, 0.4) is 0 Å². The third-order valence-electron chi connectivity index (χ3n) is 9.88. The molecule has 2 saturated heterocycles. The molecule has 3 aromatic rings. The predicted molar refractivity (Wildman–Crippen MR) is 175 cm³/mol. The molecule has 1 aromatic heterocycles. The Balaban J connectivity index is 1.14. The van der Waals surface area contributed by atoms with E-state index in [1.807, 2.05) is 23.1 Å². The van der Waals surface area contributed by atoms with E-state index in [4.69, 9.17) is 30.2 Å². The minimum absolute atomic E-state index is 0.0285. The summed E-state index contributed by atoms with van der Waals surface area (Å²) in [5.74, 6) is -1.45. The third-order valence-corrected chi connectivity index (χ3v) is 10.2. The molecule has 47 heavy (non-hydrogen) atoms. The van der Waals surface area contributed by atoms with Gasteiger partial charge in [-0.2, -0.15) is 0 Å². The standard InChI is InChI=1S/C35H42ClN3O8/c1-44-30-18-38(19-31(30)45-2)34(47-23-12-10-22(11-13-23)35(42)43)28-7-5-15-39(28)32(40)17-21-9-14-27(26(36)16-21)37-33(41)25-20-46-29-8-4-3-6-24(25)29/h3-4,6,8-9,14,16,20,22-23,28,30-31,34H,5,7,10-13,15,17-19H2,1-2H3,(H,37,41)(H,42,43)/t22?,23?,28-,30-,31+,34?/m0/s1. The van der Waals surface area contributed by atoms with Gasteiger partial charge in [-0.05, 0) is 62.3 Å². The number of carbonyl (C=O) groups excluding carboxylic acids is 2. The van der Waals surface area contributed by atoms with Crippen molar-refractivity contribution in [1.29, 1.82) is 0 Å². The average molecular weight is 668 g/mol. The zero-order valence-corrected chi connectivity index (χ0v) is 27.5. The maximum atomic E-state index is 13.9. The number of anilines is 1. The number of carboxylic acids is 1. The Morgan fingerprint density at radius 1 is 1.02 bits per heavy atom. The van der Waals surface area contributed by atoms with Crippen LogP contribution in [0, 0.1) is 5.92 Å². The molecule has 3 fully saturated rings. The van der Waals surface area contributed by atoms with Gasteiger partial charge in [0.1, 0.15) is 18.1 Å². The van der Waals surface area contributed by atoms with Crippen molar-refractivity contribution in [3.8, 4) is 0 Å². The summed E-state index contributed by atoms with van der Waals surface area (Å²) >= 11 is 6.60. The van der Waals surface area contributed by atoms with Gasteiger partial charge in [-0.15, -0.1) is 0 Å². The number of amides is 2. The number of halogens is 1. The SMILES string of the molecule is CO[C@H]1CN(C(OC2CCC(C(=O)O)CC2)[C@@H]2CCCN2C(=O)Cc2ccc(NC(=O)c3coc4ccccc34)c(Cl)c2)C[C@H]1OC. The highest BCUT2D eigenvalue weighted by Crippen LogP contribution is 2.34. The number of fused-ring (bicyclic) bond motifs is 1. The second-order valence-electron chi connectivity index (χ2n) is 12.7. The van der Waals surface area contributed by atoms with E-state index in [2.05, 4.69) is 10.2 Å². The summed E-state index contributed by atoms with van der Waals surface area (Å²) in [6.07, 6.45) is 5.03. The van der Waals surface area contributed by atoms with Crippen LogP contribution in [0.15, 0.2) is 53.1 Å². The molecule has 0 radical (unpaired) electrons. The largest absolute Gasteiger partial charge is 0.481 e. The molecule has 2 aliphatic heterocycles. The Morgan fingerprint density at radius 3 is 2.43 bits per heavy atom. The van der Waals surface area contributed by atoms with Crippen LogP contribution in [0.25, 0.3) is 11.0 Å². The lowest BCUT2D eigenvalue weighted by molar-refractivity contribution is -0.158. The van der Waals surface area contributed by atoms with E-state index >= 15 is 0 Å². The second kappa shape index (κ2) is 14.7. The Bertz CT molecular complexity index is 1580. The fourth-order valence-corrected chi connectivity index (χ4v) is 7.53. The van der Waals surface area contributed by atoms with Crippen LogP contribution in [0.2, 0.25) is 5.02 Å². The molecular weight excluding hydrogens is 626 g/mol. The van der Waals surface area contributed by atoms with Crippen LogP contribution < -0.4 is 5.32 Å². The Kier molecular flexibility index (Phi) is 10.5. The Labute approximate surface area is 279 Å². The molecule has 0 spiro atoms. The minimum atomic E-state index is -0.750. The number of benzene rings is 2. The zero-order chi connectivity index (χ0) is 33.1. The molecule has 252 valence electrons. The van der Waals surface area contributed by atoms with Gasteiger partial charge in [-0.1, -0.05) is 35.9 Å². The third kappa shape index (κ3) is 7.34. The lowest BCUT2D eigenvalue weighted by atomic mass is 9.87. The minimum Gasteiger partial charge on any atom is -0.481 e. The lowest BCUT2D eigenvalue weighted by Crippen LogP contribution is -2.53. The molecule has 2 amide bonds. The maximum absolute atomic E-state index is 13.9. The lowest BCUT2D eigenvalue weighted by Gasteiger charge is -2.40. The average Bonchev–Trinajstić information content (AvgIpc) is 3.83. The maximum Gasteiger partial charge on any atom is 0.306 e. The number of carboxylic acid groups (broad SMARTS) is 1. The Hall–Kier alpha value is -3.48. The number of likely N-dealkylation sites (tertiary alicyclic amines) is 2. The first-order valence-corrected chi connectivity index (χ1v) is 16.7. The number of methoxy groups -OCH3 is 2. The van der Waals surface area contributed by atoms with E-state index in [1.54, 1.807) is 38.5 Å². The van der Waals surface area contributed by atoms with Gasteiger partial charge in [-0.25, -0.2) is 0 Å². The fraction of sp³-hybridized carbons (Fsp3) is 0.514. The molecule has 2 N–H and O–H groups in total. The van der Waals surface area contributed by atoms with Crippen molar-refractivity contribution < 1.29 is 38.1 Å². The number of ether oxygens (including phenoxy) is 3. The van der Waals surface area contributed by atoms with Gasteiger partial charge >= 0.3 is 5.97 Å². The topological polar surface area (TPSA) is 131 Å². The van der Waals surface area contributed by atoms with Crippen molar-refractivity contribution in [1.82, 2.24) is 9.80 Å². The fourth-order valence-electron chi connectivity index (χ4n) is 7.28. The quantitative estimate of drug-likeness (QED) is 0.283. The van der Waals surface area contributed by atoms with Crippen LogP contribution in [-0.2, 0) is 30.2 Å². The van der Waals surface area contributed by atoms with Crippen LogP contribution in [0.1, 0.15) is 54.4 Å². The van der Waals surface area contributed by atoms with Crippen molar-refractivity contribution in [2.24, 2.45) is 5.92 Å².